The Hall–Kier alpha value is -1.95. The van der Waals surface area contributed by atoms with Crippen molar-refractivity contribution in [2.45, 2.75) is 58.0 Å². The molecule has 5 heteroatoms. The van der Waals surface area contributed by atoms with Gasteiger partial charge in [0.05, 0.1) is 12.2 Å². The highest BCUT2D eigenvalue weighted by molar-refractivity contribution is 6.74. The lowest BCUT2D eigenvalue weighted by atomic mass is 9.94. The van der Waals surface area contributed by atoms with E-state index in [0.29, 0.717) is 0 Å². The fraction of sp³-hybridized carbons (Fsp3) is 0.458. The quantitative estimate of drug-likeness (QED) is 0.178. The molecule has 0 bridgehead atoms. The van der Waals surface area contributed by atoms with E-state index in [1.165, 1.54) is 12.2 Å². The van der Waals surface area contributed by atoms with E-state index in [9.17, 15) is 9.90 Å². The lowest BCUT2D eigenvalue weighted by molar-refractivity contribution is -0.136. The smallest absolute Gasteiger partial charge is 0.331 e. The number of benzene rings is 1. The third kappa shape index (κ3) is 8.13. The maximum atomic E-state index is 11.5. The SMILES string of the molecule is C=CCOC(=O)/C=C/C=C/[C@H](C)[C@@H](O)[C@H](O[Si](C)(C)C(C)(C)C)c1ccccc1. The summed E-state index contributed by atoms with van der Waals surface area (Å²) in [5, 5.41) is 11.1. The Morgan fingerprint density at radius 2 is 1.83 bits per heavy atom. The van der Waals surface area contributed by atoms with E-state index in [0.717, 1.165) is 5.56 Å². The molecule has 0 saturated heterocycles. The van der Waals surface area contributed by atoms with Gasteiger partial charge in [0.25, 0.3) is 0 Å². The highest BCUT2D eigenvalue weighted by Gasteiger charge is 2.41. The lowest BCUT2D eigenvalue weighted by Gasteiger charge is -2.41. The van der Waals surface area contributed by atoms with Crippen molar-refractivity contribution < 1.29 is 19.1 Å². The first-order valence-electron chi connectivity index (χ1n) is 10.0. The lowest BCUT2D eigenvalue weighted by Crippen LogP contribution is -2.44. The number of carbonyl (C=O) groups is 1. The Morgan fingerprint density at radius 1 is 1.21 bits per heavy atom. The van der Waals surface area contributed by atoms with Crippen LogP contribution in [-0.2, 0) is 14.0 Å². The molecule has 1 N–H and O–H groups in total. The number of allylic oxidation sites excluding steroid dienone is 2. The summed E-state index contributed by atoms with van der Waals surface area (Å²) >= 11 is 0. The first kappa shape index (κ1) is 25.1. The van der Waals surface area contributed by atoms with Crippen LogP contribution in [0.1, 0.15) is 39.4 Å². The van der Waals surface area contributed by atoms with E-state index in [4.69, 9.17) is 9.16 Å². The Balaban J connectivity index is 2.95. The predicted molar refractivity (Wildman–Crippen MR) is 122 cm³/mol. The summed E-state index contributed by atoms with van der Waals surface area (Å²) in [5.74, 6) is -0.593. The van der Waals surface area contributed by atoms with Gasteiger partial charge in [0, 0.05) is 12.0 Å². The van der Waals surface area contributed by atoms with Crippen molar-refractivity contribution in [3.63, 3.8) is 0 Å². The van der Waals surface area contributed by atoms with Crippen LogP contribution in [0.3, 0.4) is 0 Å². The number of aliphatic hydroxyl groups is 1. The first-order chi connectivity index (χ1) is 13.5. The topological polar surface area (TPSA) is 55.8 Å². The summed E-state index contributed by atoms with van der Waals surface area (Å²) in [4.78, 5) is 11.5. The second kappa shape index (κ2) is 11.3. The number of hydrogen-bond donors (Lipinski definition) is 1. The van der Waals surface area contributed by atoms with Crippen LogP contribution in [0, 0.1) is 5.92 Å². The minimum absolute atomic E-state index is 0.0351. The Labute approximate surface area is 177 Å². The maximum Gasteiger partial charge on any atom is 0.331 e. The second-order valence-electron chi connectivity index (χ2n) is 8.72. The van der Waals surface area contributed by atoms with Gasteiger partial charge in [0.2, 0.25) is 0 Å². The normalized spacial score (nSPS) is 16.0. The third-order valence-corrected chi connectivity index (χ3v) is 9.76. The van der Waals surface area contributed by atoms with Crippen LogP contribution in [0.5, 0.6) is 0 Å². The van der Waals surface area contributed by atoms with Gasteiger partial charge >= 0.3 is 5.97 Å². The Kier molecular flexibility index (Phi) is 9.76. The maximum absolute atomic E-state index is 11.5. The van der Waals surface area contributed by atoms with Crippen molar-refractivity contribution in [2.75, 3.05) is 6.61 Å². The van der Waals surface area contributed by atoms with E-state index in [1.807, 2.05) is 43.3 Å². The minimum atomic E-state index is -2.09. The van der Waals surface area contributed by atoms with E-state index >= 15 is 0 Å². The monoisotopic (exact) mass is 416 g/mol. The van der Waals surface area contributed by atoms with Gasteiger partial charge in [-0.15, -0.1) is 0 Å². The van der Waals surface area contributed by atoms with Crippen molar-refractivity contribution in [2.24, 2.45) is 5.92 Å². The molecule has 1 rings (SSSR count). The Morgan fingerprint density at radius 3 is 2.38 bits per heavy atom. The fourth-order valence-corrected chi connectivity index (χ4v) is 3.69. The highest BCUT2D eigenvalue weighted by atomic mass is 28.4. The summed E-state index contributed by atoms with van der Waals surface area (Å²) in [6, 6.07) is 9.86. The molecule has 0 aromatic heterocycles. The predicted octanol–water partition coefficient (Wildman–Crippen LogP) is 5.59. The fourth-order valence-electron chi connectivity index (χ4n) is 2.42. The van der Waals surface area contributed by atoms with Gasteiger partial charge in [-0.1, -0.05) is 88.9 Å². The molecule has 1 aromatic carbocycles. The number of esters is 1. The Bertz CT molecular complexity index is 701. The van der Waals surface area contributed by atoms with Crippen molar-refractivity contribution in [3.8, 4) is 0 Å². The van der Waals surface area contributed by atoms with Crippen LogP contribution in [0.2, 0.25) is 18.1 Å². The van der Waals surface area contributed by atoms with E-state index in [2.05, 4.69) is 40.4 Å². The molecule has 29 heavy (non-hydrogen) atoms. The molecule has 0 aliphatic carbocycles. The van der Waals surface area contributed by atoms with E-state index in [1.54, 1.807) is 12.2 Å². The molecule has 0 aliphatic rings. The molecular weight excluding hydrogens is 380 g/mol. The summed E-state index contributed by atoms with van der Waals surface area (Å²) in [5.41, 5.74) is 0.966. The van der Waals surface area contributed by atoms with Crippen molar-refractivity contribution in [3.05, 3.63) is 72.9 Å². The number of aliphatic hydroxyl groups excluding tert-OH is 1. The molecule has 0 heterocycles. The van der Waals surface area contributed by atoms with Gasteiger partial charge in [-0.2, -0.15) is 0 Å². The minimum Gasteiger partial charge on any atom is -0.458 e. The molecule has 0 fully saturated rings. The van der Waals surface area contributed by atoms with Crippen LogP contribution in [0.4, 0.5) is 0 Å². The molecule has 3 atom stereocenters. The first-order valence-corrected chi connectivity index (χ1v) is 12.9. The number of hydrogen-bond acceptors (Lipinski definition) is 4. The summed E-state index contributed by atoms with van der Waals surface area (Å²) in [7, 11) is -2.09. The van der Waals surface area contributed by atoms with Gasteiger partial charge in [-0.25, -0.2) is 4.79 Å². The second-order valence-corrected chi connectivity index (χ2v) is 13.5. The average Bonchev–Trinajstić information content (AvgIpc) is 2.66. The zero-order valence-corrected chi connectivity index (χ0v) is 19.6. The molecular formula is C24H36O4Si. The van der Waals surface area contributed by atoms with Gasteiger partial charge < -0.3 is 14.3 Å². The van der Waals surface area contributed by atoms with Crippen LogP contribution in [0.25, 0.3) is 0 Å². The highest BCUT2D eigenvalue weighted by Crippen LogP contribution is 2.41. The molecule has 1 aromatic rings. The third-order valence-electron chi connectivity index (χ3n) is 5.31. The van der Waals surface area contributed by atoms with Gasteiger partial charge in [-0.3, -0.25) is 0 Å². The van der Waals surface area contributed by atoms with Crippen LogP contribution >= 0.6 is 0 Å². The number of carbonyl (C=O) groups excluding carboxylic acids is 1. The average molecular weight is 417 g/mol. The zero-order valence-electron chi connectivity index (χ0n) is 18.6. The molecule has 0 spiro atoms. The van der Waals surface area contributed by atoms with Crippen molar-refractivity contribution in [1.82, 2.24) is 0 Å². The number of ether oxygens (including phenoxy) is 1. The standard InChI is InChI=1S/C24H36O4Si/c1-8-18-27-21(25)17-13-12-14-19(2)22(26)23(20-15-10-9-11-16-20)28-29(6,7)24(3,4)5/h8-17,19,22-23,26H,1,18H2,2-7H3/b14-12+,17-13+/t19-,22+,23+/m0/s1. The van der Waals surface area contributed by atoms with Crippen LogP contribution in [-0.4, -0.2) is 32.1 Å². The van der Waals surface area contributed by atoms with Gasteiger partial charge in [-0.05, 0) is 23.7 Å². The van der Waals surface area contributed by atoms with Crippen molar-refractivity contribution in [1.29, 1.82) is 0 Å². The van der Waals surface area contributed by atoms with Crippen molar-refractivity contribution >= 4 is 14.3 Å². The largest absolute Gasteiger partial charge is 0.458 e. The van der Waals surface area contributed by atoms with Gasteiger partial charge in [0.1, 0.15) is 6.61 Å². The molecule has 0 aliphatic heterocycles. The van der Waals surface area contributed by atoms with Crippen LogP contribution < -0.4 is 0 Å². The molecule has 0 unspecified atom stereocenters. The number of rotatable bonds is 10. The summed E-state index contributed by atoms with van der Waals surface area (Å²) < 4.78 is 11.5. The zero-order chi connectivity index (χ0) is 22.1. The molecule has 0 radical (unpaired) electrons. The molecule has 160 valence electrons. The van der Waals surface area contributed by atoms with E-state index in [-0.39, 0.29) is 17.6 Å². The van der Waals surface area contributed by atoms with Crippen LogP contribution in [0.15, 0.2) is 67.3 Å². The van der Waals surface area contributed by atoms with Gasteiger partial charge in [0.15, 0.2) is 8.32 Å². The summed E-state index contributed by atoms with van der Waals surface area (Å²) in [6.07, 6.45) is 6.96. The summed E-state index contributed by atoms with van der Waals surface area (Å²) in [6.45, 7) is 16.6. The molecule has 4 nitrogen and oxygen atoms in total. The molecule has 0 amide bonds. The molecule has 0 saturated carbocycles. The van der Waals surface area contributed by atoms with E-state index < -0.39 is 26.5 Å².